The first-order valence-corrected chi connectivity index (χ1v) is 37.1. The molecule has 0 aromatic rings. The van der Waals surface area contributed by atoms with Gasteiger partial charge in [-0.3, -0.25) is 4.79 Å². The summed E-state index contributed by atoms with van der Waals surface area (Å²) in [6.07, 6.45) is 71.5. The van der Waals surface area contributed by atoms with Crippen LogP contribution in [-0.4, -0.2) is 140 Å². The van der Waals surface area contributed by atoms with Crippen LogP contribution in [-0.2, 0) is 23.7 Å². The van der Waals surface area contributed by atoms with Crippen molar-refractivity contribution in [3.05, 3.63) is 109 Å². The van der Waals surface area contributed by atoms with E-state index in [-0.39, 0.29) is 18.9 Å². The Bertz CT molecular complexity index is 1960. The Kier molecular flexibility index (Phi) is 56.4. The molecule has 0 aliphatic carbocycles. The normalized spacial score (nSPS) is 23.3. The fourth-order valence-corrected chi connectivity index (χ4v) is 11.6. The number of unbranched alkanes of at least 4 members (excludes halogenated alkanes) is 31. The number of aliphatic hydroxyl groups is 8. The molecule has 2 heterocycles. The lowest BCUT2D eigenvalue weighted by Crippen LogP contribution is -2.65. The standard InChI is InChI=1S/C78H135NO13/c1-3-5-7-9-11-13-15-17-19-21-22-23-24-25-26-27-28-29-30-31-32-33-34-35-36-37-38-39-40-41-42-43-44-46-48-50-52-54-56-58-60-62-70(83)79-66(67(82)61-59-57-55-53-51-49-47-45-20-18-16-14-12-10-8-6-4-2)65-89-77-75(88)73(86)76(69(64-81)91-77)92-78-74(87)72(85)71(84)68(63-80)90-78/h5,7,11,13,17,19,22-23,25-26,28-29,31-32,34-35,59,61,66-69,71-78,80-82,84-88H,3-4,6,8-10,12,14-16,18,20-21,24,27,30,33,36-58,60,62-65H2,1-2H3,(H,79,83)/b7-5-,13-11-,19-17-,23-22-,26-25-,29-28-,32-31-,35-34-,61-59+. The van der Waals surface area contributed by atoms with E-state index < -0.39 is 86.8 Å². The lowest BCUT2D eigenvalue weighted by Gasteiger charge is -2.46. The number of rotatable bonds is 60. The molecule has 12 unspecified atom stereocenters. The van der Waals surface area contributed by atoms with Crippen LogP contribution in [0.15, 0.2) is 109 Å². The molecule has 2 saturated heterocycles. The molecule has 2 fully saturated rings. The molecule has 0 aromatic heterocycles. The molecule has 9 N–H and O–H groups in total. The number of amides is 1. The maximum atomic E-state index is 13.3. The zero-order valence-electron chi connectivity index (χ0n) is 57.8. The maximum absolute atomic E-state index is 13.3. The van der Waals surface area contributed by atoms with E-state index in [1.165, 1.54) is 167 Å². The van der Waals surface area contributed by atoms with Gasteiger partial charge in [0.05, 0.1) is 32.0 Å². The fraction of sp³-hybridized carbons (Fsp3) is 0.756. The molecule has 1 amide bonds. The molecule has 92 heavy (non-hydrogen) atoms. The summed E-state index contributed by atoms with van der Waals surface area (Å²) in [4.78, 5) is 13.3. The van der Waals surface area contributed by atoms with Gasteiger partial charge in [-0.1, -0.05) is 303 Å². The first kappa shape index (κ1) is 84.7. The van der Waals surface area contributed by atoms with Gasteiger partial charge in [0.15, 0.2) is 12.6 Å². The minimum Gasteiger partial charge on any atom is -0.394 e. The third-order valence-corrected chi connectivity index (χ3v) is 17.5. The Balaban J connectivity index is 1.59. The van der Waals surface area contributed by atoms with Crippen molar-refractivity contribution in [3.8, 4) is 0 Å². The number of ether oxygens (including phenoxy) is 4. The van der Waals surface area contributed by atoms with Crippen molar-refractivity contribution >= 4 is 5.91 Å². The zero-order chi connectivity index (χ0) is 66.6. The highest BCUT2D eigenvalue weighted by atomic mass is 16.7. The molecule has 2 aliphatic rings. The van der Waals surface area contributed by atoms with E-state index in [9.17, 15) is 45.6 Å². The predicted octanol–water partition coefficient (Wildman–Crippen LogP) is 15.9. The average Bonchev–Trinajstić information content (AvgIpc) is 0.856. The number of nitrogens with one attached hydrogen (secondary N) is 1. The Morgan fingerprint density at radius 2 is 0.750 bits per heavy atom. The quantitative estimate of drug-likeness (QED) is 0.0204. The van der Waals surface area contributed by atoms with Crippen molar-refractivity contribution in [2.45, 2.75) is 357 Å². The first-order valence-electron chi connectivity index (χ1n) is 37.1. The second kappa shape index (κ2) is 61.3. The highest BCUT2D eigenvalue weighted by molar-refractivity contribution is 5.76. The number of hydrogen-bond acceptors (Lipinski definition) is 13. The van der Waals surface area contributed by atoms with Gasteiger partial charge in [-0.25, -0.2) is 0 Å². The van der Waals surface area contributed by atoms with Crippen molar-refractivity contribution in [3.63, 3.8) is 0 Å². The largest absolute Gasteiger partial charge is 0.394 e. The molecular weight excluding hydrogens is 1160 g/mol. The van der Waals surface area contributed by atoms with Crippen LogP contribution in [0.25, 0.3) is 0 Å². The predicted molar refractivity (Wildman–Crippen MR) is 378 cm³/mol. The van der Waals surface area contributed by atoms with Crippen LogP contribution < -0.4 is 5.32 Å². The van der Waals surface area contributed by atoms with Crippen LogP contribution in [0.1, 0.15) is 284 Å². The number of carbonyl (C=O) groups is 1. The Morgan fingerprint density at radius 3 is 1.15 bits per heavy atom. The summed E-state index contributed by atoms with van der Waals surface area (Å²) in [6, 6.07) is -0.920. The summed E-state index contributed by atoms with van der Waals surface area (Å²) in [6.45, 7) is 2.70. The lowest BCUT2D eigenvalue weighted by molar-refractivity contribution is -0.359. The third-order valence-electron chi connectivity index (χ3n) is 17.5. The molecule has 12 atom stereocenters. The van der Waals surface area contributed by atoms with Gasteiger partial charge in [0.25, 0.3) is 0 Å². The van der Waals surface area contributed by atoms with Gasteiger partial charge in [-0.15, -0.1) is 0 Å². The molecule has 14 heteroatoms. The smallest absolute Gasteiger partial charge is 0.220 e. The van der Waals surface area contributed by atoms with Crippen molar-refractivity contribution in [2.75, 3.05) is 19.8 Å². The second-order valence-electron chi connectivity index (χ2n) is 25.7. The van der Waals surface area contributed by atoms with Crippen LogP contribution in [0.4, 0.5) is 0 Å². The molecule has 14 nitrogen and oxygen atoms in total. The zero-order valence-corrected chi connectivity index (χ0v) is 57.8. The number of hydrogen-bond donors (Lipinski definition) is 9. The van der Waals surface area contributed by atoms with Gasteiger partial charge in [-0.05, 0) is 83.5 Å². The molecule has 0 saturated carbocycles. The maximum Gasteiger partial charge on any atom is 0.220 e. The molecule has 0 aromatic carbocycles. The minimum absolute atomic E-state index is 0.240. The van der Waals surface area contributed by atoms with Gasteiger partial charge in [-0.2, -0.15) is 0 Å². The summed E-state index contributed by atoms with van der Waals surface area (Å²) < 4.78 is 22.9. The van der Waals surface area contributed by atoms with Crippen LogP contribution >= 0.6 is 0 Å². The SMILES string of the molecule is CC/C=C\C/C=C\C/C=C\C/C=C\C/C=C\C/C=C\C/C=C\C/C=C\CCCCCCCCCCCCCCCCCCC(=O)NC(COC1OC(CO)C(OC2OC(CO)C(O)C(O)C2O)C(O)C1O)C(O)/C=C/CCCCCCCCCCCCCCCCC. The average molecular weight is 1290 g/mol. The van der Waals surface area contributed by atoms with Gasteiger partial charge < -0.3 is 65.1 Å². The second-order valence-corrected chi connectivity index (χ2v) is 25.7. The van der Waals surface area contributed by atoms with Crippen molar-refractivity contribution in [1.82, 2.24) is 5.32 Å². The van der Waals surface area contributed by atoms with Crippen molar-refractivity contribution in [2.24, 2.45) is 0 Å². The number of allylic oxidation sites excluding steroid dienone is 17. The van der Waals surface area contributed by atoms with E-state index in [2.05, 4.69) is 116 Å². The first-order chi connectivity index (χ1) is 45.1. The van der Waals surface area contributed by atoms with E-state index in [4.69, 9.17) is 18.9 Å². The molecular formula is C78H135NO13. The highest BCUT2D eigenvalue weighted by Crippen LogP contribution is 2.30. The number of carbonyl (C=O) groups excluding carboxylic acids is 1. The monoisotopic (exact) mass is 1290 g/mol. The Labute approximate surface area is 559 Å². The molecule has 0 radical (unpaired) electrons. The van der Waals surface area contributed by atoms with Crippen LogP contribution in [0, 0.1) is 0 Å². The summed E-state index contributed by atoms with van der Waals surface area (Å²) in [7, 11) is 0. The van der Waals surface area contributed by atoms with Gasteiger partial charge in [0.1, 0.15) is 48.8 Å². The Morgan fingerprint density at radius 1 is 0.402 bits per heavy atom. The molecule has 2 aliphatic heterocycles. The summed E-state index contributed by atoms with van der Waals surface area (Å²) >= 11 is 0. The lowest BCUT2D eigenvalue weighted by atomic mass is 9.97. The third kappa shape index (κ3) is 44.4. The van der Waals surface area contributed by atoms with Crippen molar-refractivity contribution < 1.29 is 64.6 Å². The van der Waals surface area contributed by atoms with Gasteiger partial charge in [0.2, 0.25) is 5.91 Å². The van der Waals surface area contributed by atoms with E-state index in [1.54, 1.807) is 6.08 Å². The van der Waals surface area contributed by atoms with Crippen LogP contribution in [0.2, 0.25) is 0 Å². The summed E-state index contributed by atoms with van der Waals surface area (Å²) in [5.41, 5.74) is 0. The van der Waals surface area contributed by atoms with Crippen LogP contribution in [0.3, 0.4) is 0 Å². The van der Waals surface area contributed by atoms with E-state index >= 15 is 0 Å². The summed E-state index contributed by atoms with van der Waals surface area (Å²) in [5.74, 6) is -0.240. The molecule has 0 bridgehead atoms. The molecule has 0 spiro atoms. The molecule has 2 rings (SSSR count). The Hall–Kier alpha value is -3.35. The van der Waals surface area contributed by atoms with E-state index in [1.807, 2.05) is 6.08 Å². The highest BCUT2D eigenvalue weighted by Gasteiger charge is 2.51. The van der Waals surface area contributed by atoms with E-state index in [0.717, 1.165) is 89.9 Å². The number of aliphatic hydroxyl groups excluding tert-OH is 8. The fourth-order valence-electron chi connectivity index (χ4n) is 11.6. The van der Waals surface area contributed by atoms with Gasteiger partial charge in [0, 0.05) is 6.42 Å². The topological polar surface area (TPSA) is 228 Å². The molecule has 530 valence electrons. The minimum atomic E-state index is -1.79. The van der Waals surface area contributed by atoms with E-state index in [0.29, 0.717) is 6.42 Å². The van der Waals surface area contributed by atoms with Crippen LogP contribution in [0.5, 0.6) is 0 Å². The van der Waals surface area contributed by atoms with Gasteiger partial charge >= 0.3 is 0 Å². The summed E-state index contributed by atoms with van der Waals surface area (Å²) in [5, 5.41) is 87.4. The van der Waals surface area contributed by atoms with Crippen molar-refractivity contribution in [1.29, 1.82) is 0 Å².